The highest BCUT2D eigenvalue weighted by atomic mass is 16.5. The summed E-state index contributed by atoms with van der Waals surface area (Å²) in [5.74, 6) is 0.733. The highest BCUT2D eigenvalue weighted by Crippen LogP contribution is 2.48. The molecular formula is C15H19NO3. The maximum absolute atomic E-state index is 12.6. The van der Waals surface area contributed by atoms with E-state index in [2.05, 4.69) is 0 Å². The first-order valence-corrected chi connectivity index (χ1v) is 6.39. The second kappa shape index (κ2) is 4.68. The van der Waals surface area contributed by atoms with E-state index in [0.717, 1.165) is 17.5 Å². The minimum absolute atomic E-state index is 0.0159. The molecule has 19 heavy (non-hydrogen) atoms. The van der Waals surface area contributed by atoms with Crippen molar-refractivity contribution >= 4 is 17.9 Å². The van der Waals surface area contributed by atoms with Crippen molar-refractivity contribution in [3.8, 4) is 5.75 Å². The number of likely N-dealkylation sites (N-methyl/N-ethyl adjacent to an activating group) is 1. The van der Waals surface area contributed by atoms with Crippen LogP contribution in [0.2, 0.25) is 0 Å². The lowest BCUT2D eigenvalue weighted by atomic mass is 9.70. The van der Waals surface area contributed by atoms with E-state index in [1.165, 1.54) is 0 Å². The quantitative estimate of drug-likeness (QED) is 0.780. The lowest BCUT2D eigenvalue weighted by Crippen LogP contribution is -2.43. The highest BCUT2D eigenvalue weighted by Gasteiger charge is 2.51. The molecule has 1 heterocycles. The summed E-state index contributed by atoms with van der Waals surface area (Å²) in [4.78, 5) is 25.4. The lowest BCUT2D eigenvalue weighted by Gasteiger charge is -2.30. The molecule has 0 aromatic heterocycles. The van der Waals surface area contributed by atoms with Gasteiger partial charge in [0.1, 0.15) is 12.0 Å². The molecule has 4 nitrogen and oxygen atoms in total. The number of carbonyl (C=O) groups is 2. The van der Waals surface area contributed by atoms with Gasteiger partial charge in [0.15, 0.2) is 0 Å². The molecule has 0 spiro atoms. The second-order valence-electron chi connectivity index (χ2n) is 5.24. The Hall–Kier alpha value is -1.84. The van der Waals surface area contributed by atoms with Crippen molar-refractivity contribution in [1.29, 1.82) is 0 Å². The van der Waals surface area contributed by atoms with Gasteiger partial charge >= 0.3 is 0 Å². The standard InChI is InChI=1S/C15H19NO3/c1-10(2)15(7-8-17)12-9-11(19-4)5-6-13(12)16(3)14(15)18/h5-6,8-10H,7H2,1-4H3. The fourth-order valence-electron chi connectivity index (χ4n) is 2.94. The maximum Gasteiger partial charge on any atom is 0.238 e. The van der Waals surface area contributed by atoms with E-state index >= 15 is 0 Å². The summed E-state index contributed by atoms with van der Waals surface area (Å²) in [7, 11) is 3.35. The van der Waals surface area contributed by atoms with Gasteiger partial charge in [0.25, 0.3) is 0 Å². The molecule has 1 aliphatic rings. The van der Waals surface area contributed by atoms with Crippen LogP contribution < -0.4 is 9.64 Å². The number of hydrogen-bond donors (Lipinski definition) is 0. The first kappa shape index (κ1) is 13.6. The van der Waals surface area contributed by atoms with Gasteiger partial charge in [-0.15, -0.1) is 0 Å². The number of carbonyl (C=O) groups excluding carboxylic acids is 2. The summed E-state index contributed by atoms with van der Waals surface area (Å²) in [5.41, 5.74) is 0.989. The number of hydrogen-bond acceptors (Lipinski definition) is 3. The average Bonchev–Trinajstić information content (AvgIpc) is 2.61. The van der Waals surface area contributed by atoms with E-state index in [9.17, 15) is 9.59 Å². The number of amides is 1. The summed E-state index contributed by atoms with van der Waals surface area (Å²) in [5, 5.41) is 0. The molecule has 0 N–H and O–H groups in total. The van der Waals surface area contributed by atoms with Gasteiger partial charge < -0.3 is 14.4 Å². The fourth-order valence-corrected chi connectivity index (χ4v) is 2.94. The minimum Gasteiger partial charge on any atom is -0.497 e. The van der Waals surface area contributed by atoms with Crippen LogP contribution in [0.4, 0.5) is 5.69 Å². The van der Waals surface area contributed by atoms with Gasteiger partial charge in [0.05, 0.1) is 12.5 Å². The first-order valence-electron chi connectivity index (χ1n) is 6.39. The molecule has 1 amide bonds. The van der Waals surface area contributed by atoms with Gasteiger partial charge in [-0.05, 0) is 29.7 Å². The number of nitrogens with zero attached hydrogens (tertiary/aromatic N) is 1. The molecule has 102 valence electrons. The summed E-state index contributed by atoms with van der Waals surface area (Å²) in [6.45, 7) is 3.95. The number of methoxy groups -OCH3 is 1. The number of aldehydes is 1. The smallest absolute Gasteiger partial charge is 0.238 e. The number of benzene rings is 1. The van der Waals surface area contributed by atoms with Gasteiger partial charge in [-0.25, -0.2) is 0 Å². The number of fused-ring (bicyclic) bond motifs is 1. The van der Waals surface area contributed by atoms with Crippen molar-refractivity contribution in [2.75, 3.05) is 19.1 Å². The predicted molar refractivity (Wildman–Crippen MR) is 73.6 cm³/mol. The van der Waals surface area contributed by atoms with Gasteiger partial charge in [-0.3, -0.25) is 4.79 Å². The van der Waals surface area contributed by atoms with Gasteiger partial charge in [-0.2, -0.15) is 0 Å². The van der Waals surface area contributed by atoms with Crippen LogP contribution in [0.3, 0.4) is 0 Å². The third-order valence-corrected chi connectivity index (χ3v) is 4.12. The van der Waals surface area contributed by atoms with E-state index in [0.29, 0.717) is 5.75 Å². The average molecular weight is 261 g/mol. The first-order chi connectivity index (χ1) is 8.98. The molecule has 1 aromatic rings. The fraction of sp³-hybridized carbons (Fsp3) is 0.467. The van der Waals surface area contributed by atoms with E-state index in [-0.39, 0.29) is 18.2 Å². The number of anilines is 1. The Labute approximate surface area is 113 Å². The molecule has 4 heteroatoms. The Morgan fingerprint density at radius 2 is 2.11 bits per heavy atom. The van der Waals surface area contributed by atoms with Crippen molar-refractivity contribution in [2.24, 2.45) is 5.92 Å². The third kappa shape index (κ3) is 1.74. The molecule has 1 aromatic carbocycles. The van der Waals surface area contributed by atoms with Crippen LogP contribution in [0.5, 0.6) is 5.75 Å². The van der Waals surface area contributed by atoms with E-state index in [1.54, 1.807) is 19.1 Å². The molecule has 0 radical (unpaired) electrons. The predicted octanol–water partition coefficient (Wildman–Crippen LogP) is 2.15. The normalized spacial score (nSPS) is 21.7. The molecule has 0 fully saturated rings. The second-order valence-corrected chi connectivity index (χ2v) is 5.24. The molecule has 0 saturated carbocycles. The van der Waals surface area contributed by atoms with Crippen LogP contribution in [-0.4, -0.2) is 26.4 Å². The van der Waals surface area contributed by atoms with Crippen LogP contribution in [0, 0.1) is 5.92 Å². The molecule has 1 unspecified atom stereocenters. The SMILES string of the molecule is COc1ccc2c(c1)C(CC=O)(C(C)C)C(=O)N2C. The Morgan fingerprint density at radius 1 is 1.42 bits per heavy atom. The molecular weight excluding hydrogens is 242 g/mol. The van der Waals surface area contributed by atoms with Crippen LogP contribution in [-0.2, 0) is 15.0 Å². The van der Waals surface area contributed by atoms with Gasteiger partial charge in [0, 0.05) is 19.2 Å². The zero-order chi connectivity index (χ0) is 14.2. The molecule has 1 atom stereocenters. The Kier molecular flexibility index (Phi) is 3.35. The third-order valence-electron chi connectivity index (χ3n) is 4.12. The zero-order valence-corrected chi connectivity index (χ0v) is 11.8. The molecule has 2 rings (SSSR count). The molecule has 0 aliphatic carbocycles. The highest BCUT2D eigenvalue weighted by molar-refractivity contribution is 6.09. The topological polar surface area (TPSA) is 46.6 Å². The summed E-state index contributed by atoms with van der Waals surface area (Å²) >= 11 is 0. The monoisotopic (exact) mass is 261 g/mol. The van der Waals surface area contributed by atoms with Crippen molar-refractivity contribution in [1.82, 2.24) is 0 Å². The molecule has 0 bridgehead atoms. The van der Waals surface area contributed by atoms with Crippen molar-refractivity contribution in [3.63, 3.8) is 0 Å². The van der Waals surface area contributed by atoms with Crippen LogP contribution in [0.15, 0.2) is 18.2 Å². The lowest BCUT2D eigenvalue weighted by molar-refractivity contribution is -0.126. The Morgan fingerprint density at radius 3 is 2.63 bits per heavy atom. The Bertz CT molecular complexity index is 524. The van der Waals surface area contributed by atoms with E-state index < -0.39 is 5.41 Å². The zero-order valence-electron chi connectivity index (χ0n) is 11.8. The van der Waals surface area contributed by atoms with Crippen molar-refractivity contribution in [2.45, 2.75) is 25.7 Å². The Balaban J connectivity index is 2.70. The van der Waals surface area contributed by atoms with Gasteiger partial charge in [0.2, 0.25) is 5.91 Å². The molecule has 0 saturated heterocycles. The largest absolute Gasteiger partial charge is 0.497 e. The summed E-state index contributed by atoms with van der Waals surface area (Å²) in [6, 6.07) is 5.58. The van der Waals surface area contributed by atoms with Crippen LogP contribution >= 0.6 is 0 Å². The maximum atomic E-state index is 12.6. The van der Waals surface area contributed by atoms with Crippen molar-refractivity contribution in [3.05, 3.63) is 23.8 Å². The van der Waals surface area contributed by atoms with E-state index in [1.807, 2.05) is 32.0 Å². The molecule has 1 aliphatic heterocycles. The van der Waals surface area contributed by atoms with Gasteiger partial charge in [-0.1, -0.05) is 13.8 Å². The van der Waals surface area contributed by atoms with Crippen LogP contribution in [0.25, 0.3) is 0 Å². The summed E-state index contributed by atoms with van der Waals surface area (Å²) < 4.78 is 5.24. The summed E-state index contributed by atoms with van der Waals surface area (Å²) in [6.07, 6.45) is 1.04. The van der Waals surface area contributed by atoms with Crippen molar-refractivity contribution < 1.29 is 14.3 Å². The number of rotatable bonds is 4. The van der Waals surface area contributed by atoms with E-state index in [4.69, 9.17) is 4.74 Å². The van der Waals surface area contributed by atoms with Crippen LogP contribution in [0.1, 0.15) is 25.8 Å². The number of ether oxygens (including phenoxy) is 1. The minimum atomic E-state index is -0.764.